The summed E-state index contributed by atoms with van der Waals surface area (Å²) in [5.41, 5.74) is 4.98. The molecule has 0 amide bonds. The van der Waals surface area contributed by atoms with Crippen LogP contribution >= 0.6 is 11.3 Å². The van der Waals surface area contributed by atoms with Gasteiger partial charge in [0, 0.05) is 18.0 Å². The molecule has 0 saturated carbocycles. The second kappa shape index (κ2) is 6.98. The highest BCUT2D eigenvalue weighted by molar-refractivity contribution is 7.13. The highest BCUT2D eigenvalue weighted by Crippen LogP contribution is 2.31. The van der Waals surface area contributed by atoms with Gasteiger partial charge < -0.3 is 5.11 Å². The standard InChI is InChI=1S/C19H17N5O2S/c1-11(8-25)24-9-21-17-14(19(24)26)6-15(18-12(2)22-10-27-18)23-16(17)13-4-3-5-20-7-13/h3-7,9-11,25H,8H2,1-2H3. The third-order valence-electron chi connectivity index (χ3n) is 4.42. The normalized spacial score (nSPS) is 12.4. The van der Waals surface area contributed by atoms with Crippen molar-refractivity contribution < 1.29 is 5.11 Å². The van der Waals surface area contributed by atoms with Crippen molar-refractivity contribution in [1.82, 2.24) is 24.5 Å². The van der Waals surface area contributed by atoms with Crippen molar-refractivity contribution in [2.45, 2.75) is 19.9 Å². The van der Waals surface area contributed by atoms with Crippen molar-refractivity contribution in [3.05, 3.63) is 58.5 Å². The average molecular weight is 379 g/mol. The highest BCUT2D eigenvalue weighted by Gasteiger charge is 2.18. The Labute approximate surface area is 159 Å². The summed E-state index contributed by atoms with van der Waals surface area (Å²) in [6.45, 7) is 3.54. The number of aliphatic hydroxyl groups excluding tert-OH is 1. The van der Waals surface area contributed by atoms with Crippen LogP contribution in [0.15, 0.2) is 47.2 Å². The molecule has 0 aliphatic heterocycles. The van der Waals surface area contributed by atoms with E-state index in [1.54, 1.807) is 30.9 Å². The molecule has 4 aromatic rings. The van der Waals surface area contributed by atoms with Crippen molar-refractivity contribution in [3.63, 3.8) is 0 Å². The fourth-order valence-corrected chi connectivity index (χ4v) is 3.68. The number of aryl methyl sites for hydroxylation is 1. The van der Waals surface area contributed by atoms with Crippen LogP contribution in [0.25, 0.3) is 32.7 Å². The van der Waals surface area contributed by atoms with E-state index in [9.17, 15) is 9.90 Å². The molecule has 0 saturated heterocycles. The number of fused-ring (bicyclic) bond motifs is 1. The molecule has 7 nitrogen and oxygen atoms in total. The van der Waals surface area contributed by atoms with Gasteiger partial charge in [-0.3, -0.25) is 14.3 Å². The number of hydrogen-bond acceptors (Lipinski definition) is 7. The summed E-state index contributed by atoms with van der Waals surface area (Å²) in [4.78, 5) is 31.7. The molecule has 0 aliphatic carbocycles. The molecule has 0 aliphatic rings. The number of thiazole rings is 1. The molecular weight excluding hydrogens is 362 g/mol. The second-order valence-corrected chi connectivity index (χ2v) is 7.10. The lowest BCUT2D eigenvalue weighted by molar-refractivity contribution is 0.236. The molecule has 27 heavy (non-hydrogen) atoms. The van der Waals surface area contributed by atoms with Gasteiger partial charge in [0.25, 0.3) is 5.56 Å². The zero-order chi connectivity index (χ0) is 19.0. The van der Waals surface area contributed by atoms with Gasteiger partial charge in [-0.05, 0) is 32.0 Å². The first kappa shape index (κ1) is 17.4. The number of aromatic nitrogens is 5. The van der Waals surface area contributed by atoms with Gasteiger partial charge in [0.2, 0.25) is 0 Å². The molecule has 0 radical (unpaired) electrons. The van der Waals surface area contributed by atoms with Gasteiger partial charge in [-0.1, -0.05) is 0 Å². The summed E-state index contributed by atoms with van der Waals surface area (Å²) in [5, 5.41) is 9.90. The molecule has 0 bridgehead atoms. The molecule has 0 aromatic carbocycles. The fraction of sp³-hybridized carbons (Fsp3) is 0.211. The predicted octanol–water partition coefficient (Wildman–Crippen LogP) is 2.84. The average Bonchev–Trinajstić information content (AvgIpc) is 3.13. The van der Waals surface area contributed by atoms with E-state index in [0.717, 1.165) is 16.1 Å². The number of aliphatic hydroxyl groups is 1. The number of nitrogens with zero attached hydrogens (tertiary/aromatic N) is 5. The van der Waals surface area contributed by atoms with E-state index in [1.807, 2.05) is 19.1 Å². The molecular formula is C19H17N5O2S. The second-order valence-electron chi connectivity index (χ2n) is 6.25. The Hall–Kier alpha value is -2.97. The summed E-state index contributed by atoms with van der Waals surface area (Å²) in [7, 11) is 0. The quantitative estimate of drug-likeness (QED) is 0.586. The SMILES string of the molecule is Cc1ncsc1-c1cc2c(=O)n(C(C)CO)cnc2c(-c2cccnc2)n1. The third kappa shape index (κ3) is 3.02. The predicted molar refractivity (Wildman–Crippen MR) is 105 cm³/mol. The minimum atomic E-state index is -0.363. The van der Waals surface area contributed by atoms with Crippen molar-refractivity contribution in [2.75, 3.05) is 6.61 Å². The van der Waals surface area contributed by atoms with Gasteiger partial charge in [0.1, 0.15) is 5.52 Å². The van der Waals surface area contributed by atoms with Gasteiger partial charge in [0.15, 0.2) is 0 Å². The van der Waals surface area contributed by atoms with E-state index in [-0.39, 0.29) is 18.2 Å². The summed E-state index contributed by atoms with van der Waals surface area (Å²) in [5.74, 6) is 0. The molecule has 4 heterocycles. The molecule has 136 valence electrons. The van der Waals surface area contributed by atoms with Gasteiger partial charge in [0.05, 0.1) is 51.8 Å². The van der Waals surface area contributed by atoms with Crippen LogP contribution < -0.4 is 5.56 Å². The zero-order valence-corrected chi connectivity index (χ0v) is 15.6. The van der Waals surface area contributed by atoms with Crippen molar-refractivity contribution in [2.24, 2.45) is 0 Å². The van der Waals surface area contributed by atoms with E-state index in [2.05, 4.69) is 15.0 Å². The van der Waals surface area contributed by atoms with E-state index < -0.39 is 0 Å². The van der Waals surface area contributed by atoms with Crippen LogP contribution in [0.5, 0.6) is 0 Å². The van der Waals surface area contributed by atoms with Gasteiger partial charge >= 0.3 is 0 Å². The largest absolute Gasteiger partial charge is 0.394 e. The van der Waals surface area contributed by atoms with Gasteiger partial charge in [-0.2, -0.15) is 0 Å². The first-order valence-corrected chi connectivity index (χ1v) is 9.31. The van der Waals surface area contributed by atoms with E-state index in [0.29, 0.717) is 22.3 Å². The summed E-state index contributed by atoms with van der Waals surface area (Å²) in [6, 6.07) is 5.11. The summed E-state index contributed by atoms with van der Waals surface area (Å²) < 4.78 is 1.44. The molecule has 1 atom stereocenters. The maximum atomic E-state index is 13.1. The topological polar surface area (TPSA) is 93.8 Å². The van der Waals surface area contributed by atoms with Crippen LogP contribution in [0.4, 0.5) is 0 Å². The van der Waals surface area contributed by atoms with Crippen LogP contribution in [0.1, 0.15) is 18.7 Å². The van der Waals surface area contributed by atoms with Crippen LogP contribution in [-0.4, -0.2) is 36.2 Å². The lowest BCUT2D eigenvalue weighted by atomic mass is 10.1. The lowest BCUT2D eigenvalue weighted by Crippen LogP contribution is -2.25. The fourth-order valence-electron chi connectivity index (χ4n) is 2.91. The van der Waals surface area contributed by atoms with E-state index in [4.69, 9.17) is 4.98 Å². The maximum Gasteiger partial charge on any atom is 0.261 e. The molecule has 4 rings (SSSR count). The first-order chi connectivity index (χ1) is 13.1. The first-order valence-electron chi connectivity index (χ1n) is 8.43. The van der Waals surface area contributed by atoms with E-state index in [1.165, 1.54) is 22.2 Å². The number of hydrogen-bond donors (Lipinski definition) is 1. The summed E-state index contributed by atoms with van der Waals surface area (Å²) in [6.07, 6.45) is 4.85. The van der Waals surface area contributed by atoms with Crippen molar-refractivity contribution in [1.29, 1.82) is 0 Å². The van der Waals surface area contributed by atoms with Gasteiger partial charge in [-0.15, -0.1) is 11.3 Å². The number of rotatable bonds is 4. The minimum Gasteiger partial charge on any atom is -0.394 e. The molecule has 1 unspecified atom stereocenters. The lowest BCUT2D eigenvalue weighted by Gasteiger charge is -2.14. The Morgan fingerprint density at radius 3 is 2.85 bits per heavy atom. The zero-order valence-electron chi connectivity index (χ0n) is 14.8. The maximum absolute atomic E-state index is 13.1. The van der Waals surface area contributed by atoms with Crippen LogP contribution in [-0.2, 0) is 0 Å². The molecule has 0 spiro atoms. The third-order valence-corrected chi connectivity index (χ3v) is 5.37. The van der Waals surface area contributed by atoms with E-state index >= 15 is 0 Å². The van der Waals surface area contributed by atoms with Crippen LogP contribution in [0.2, 0.25) is 0 Å². The molecule has 0 fully saturated rings. The smallest absolute Gasteiger partial charge is 0.261 e. The van der Waals surface area contributed by atoms with Crippen LogP contribution in [0, 0.1) is 6.92 Å². The Morgan fingerprint density at radius 2 is 2.19 bits per heavy atom. The number of pyridine rings is 2. The molecule has 4 aromatic heterocycles. The Balaban J connectivity index is 2.08. The highest BCUT2D eigenvalue weighted by atomic mass is 32.1. The summed E-state index contributed by atoms with van der Waals surface area (Å²) >= 11 is 1.48. The Morgan fingerprint density at radius 1 is 1.33 bits per heavy atom. The van der Waals surface area contributed by atoms with Gasteiger partial charge in [-0.25, -0.2) is 15.0 Å². The van der Waals surface area contributed by atoms with Crippen LogP contribution in [0.3, 0.4) is 0 Å². The van der Waals surface area contributed by atoms with Crippen molar-refractivity contribution in [3.8, 4) is 21.8 Å². The molecule has 8 heteroatoms. The Kier molecular flexibility index (Phi) is 4.51. The monoisotopic (exact) mass is 379 g/mol. The minimum absolute atomic E-state index is 0.144. The molecule has 1 N–H and O–H groups in total. The Bertz CT molecular complexity index is 1170. The van der Waals surface area contributed by atoms with Crippen molar-refractivity contribution >= 4 is 22.2 Å².